The van der Waals surface area contributed by atoms with Crippen molar-refractivity contribution in [1.29, 1.82) is 0 Å². The molecule has 2 aliphatic rings. The van der Waals surface area contributed by atoms with Crippen molar-refractivity contribution in [3.05, 3.63) is 57.8 Å². The quantitative estimate of drug-likeness (QED) is 0.496. The van der Waals surface area contributed by atoms with E-state index in [0.717, 1.165) is 43.4 Å². The number of carboxylic acids is 1. The van der Waals surface area contributed by atoms with E-state index in [4.69, 9.17) is 23.2 Å². The second kappa shape index (κ2) is 10.7. The lowest BCUT2D eigenvalue weighted by atomic mass is 9.58. The van der Waals surface area contributed by atoms with Crippen LogP contribution in [0, 0.1) is 5.41 Å². The molecule has 184 valence electrons. The van der Waals surface area contributed by atoms with Crippen LogP contribution in [0.4, 0.5) is 5.69 Å². The fraction of sp³-hybridized carbons (Fsp3) is 0.400. The fourth-order valence-electron chi connectivity index (χ4n) is 4.87. The maximum Gasteiger partial charge on any atom is 0.328 e. The third-order valence-corrected chi connectivity index (χ3v) is 8.17. The summed E-state index contributed by atoms with van der Waals surface area (Å²) in [4.78, 5) is 46.0. The maximum atomic E-state index is 12.9. The van der Waals surface area contributed by atoms with Gasteiger partial charge in [0.2, 0.25) is 0 Å². The number of carbonyl (C=O) groups is 3. The Labute approximate surface area is 217 Å². The molecule has 10 heteroatoms. The van der Waals surface area contributed by atoms with Crippen LogP contribution in [0.25, 0.3) is 0 Å². The zero-order chi connectivity index (χ0) is 25.2. The van der Waals surface area contributed by atoms with Crippen LogP contribution < -0.4 is 5.32 Å². The highest BCUT2D eigenvalue weighted by atomic mass is 35.5. The molecule has 0 aliphatic heterocycles. The molecule has 2 aliphatic carbocycles. The molecule has 1 spiro atoms. The van der Waals surface area contributed by atoms with Crippen molar-refractivity contribution in [2.45, 2.75) is 49.8 Å². The van der Waals surface area contributed by atoms with Crippen LogP contribution >= 0.6 is 35.0 Å². The monoisotopic (exact) mass is 533 g/mol. The molecule has 2 atom stereocenters. The second-order valence-corrected chi connectivity index (χ2v) is 10.6. The minimum Gasteiger partial charge on any atom is -0.480 e. The number of nitrogens with one attached hydrogen (secondary N) is 1. The van der Waals surface area contributed by atoms with Gasteiger partial charge in [-0.25, -0.2) is 4.79 Å². The van der Waals surface area contributed by atoms with Gasteiger partial charge in [-0.3, -0.25) is 19.6 Å². The van der Waals surface area contributed by atoms with Crippen LogP contribution in [0.1, 0.15) is 48.0 Å². The largest absolute Gasteiger partial charge is 0.480 e. The average molecular weight is 534 g/mol. The van der Waals surface area contributed by atoms with Gasteiger partial charge in [-0.15, -0.1) is 11.8 Å². The van der Waals surface area contributed by atoms with Gasteiger partial charge < -0.3 is 10.4 Å². The van der Waals surface area contributed by atoms with E-state index in [1.165, 1.54) is 24.2 Å². The number of hydrogen-bond donors (Lipinski definition) is 2. The van der Waals surface area contributed by atoms with Crippen LogP contribution in [0.15, 0.2) is 41.7 Å². The zero-order valence-electron chi connectivity index (χ0n) is 19.1. The first-order chi connectivity index (χ1) is 16.8. The molecule has 1 aromatic heterocycles. The summed E-state index contributed by atoms with van der Waals surface area (Å²) in [7, 11) is 0. The highest BCUT2D eigenvalue weighted by molar-refractivity contribution is 8.01. The summed E-state index contributed by atoms with van der Waals surface area (Å²) >= 11 is 13.5. The first kappa shape index (κ1) is 25.7. The van der Waals surface area contributed by atoms with E-state index in [0.29, 0.717) is 5.69 Å². The number of aliphatic carboxylic acids is 1. The van der Waals surface area contributed by atoms with E-state index < -0.39 is 23.3 Å². The van der Waals surface area contributed by atoms with E-state index in [1.807, 2.05) is 6.26 Å². The molecular formula is C25H25Cl2N3O4S. The Morgan fingerprint density at radius 2 is 1.80 bits per heavy atom. The number of ketones is 1. The van der Waals surface area contributed by atoms with Crippen molar-refractivity contribution >= 4 is 64.0 Å². The number of carbonyl (C=O) groups excluding carboxylic acids is 2. The molecule has 1 unspecified atom stereocenters. The van der Waals surface area contributed by atoms with Crippen molar-refractivity contribution in [1.82, 2.24) is 4.98 Å². The summed E-state index contributed by atoms with van der Waals surface area (Å²) in [6.45, 7) is 0. The molecule has 2 fully saturated rings. The van der Waals surface area contributed by atoms with Crippen molar-refractivity contribution in [3.8, 4) is 0 Å². The SMILES string of the molecule is CSC1C(=O)C2(CCCCC2)C1=N[C@@H](Cc1ccc(NC(=O)c2c(Cl)cncc2Cl)cc1)C(=O)O. The topological polar surface area (TPSA) is 109 Å². The van der Waals surface area contributed by atoms with Crippen LogP contribution in [0.5, 0.6) is 0 Å². The molecule has 1 heterocycles. The van der Waals surface area contributed by atoms with Crippen LogP contribution in [0.3, 0.4) is 0 Å². The summed E-state index contributed by atoms with van der Waals surface area (Å²) in [6, 6.07) is 5.87. The number of benzene rings is 1. The van der Waals surface area contributed by atoms with Crippen LogP contribution in [-0.4, -0.2) is 51.0 Å². The number of thioether (sulfide) groups is 1. The van der Waals surface area contributed by atoms with Gasteiger partial charge in [0.25, 0.3) is 5.91 Å². The smallest absolute Gasteiger partial charge is 0.328 e. The van der Waals surface area contributed by atoms with Gasteiger partial charge in [-0.1, -0.05) is 54.6 Å². The molecule has 0 saturated heterocycles. The number of aliphatic imine (C=N–C) groups is 1. The van der Waals surface area contributed by atoms with E-state index in [9.17, 15) is 19.5 Å². The van der Waals surface area contributed by atoms with Crippen molar-refractivity contribution in [3.63, 3.8) is 0 Å². The van der Waals surface area contributed by atoms with Gasteiger partial charge in [0, 0.05) is 30.2 Å². The Morgan fingerprint density at radius 3 is 2.37 bits per heavy atom. The standard InChI is InChI=1S/C25H25Cl2N3O4S/c1-35-20-21(25(22(20)31)9-3-2-4-10-25)30-18(24(33)34)11-14-5-7-15(8-6-14)29-23(32)19-16(26)12-28-13-17(19)27/h5-8,12-13,18,20H,2-4,9-11H2,1H3,(H,29,32)(H,33,34)/t18-,20?/m0/s1. The van der Waals surface area contributed by atoms with Gasteiger partial charge >= 0.3 is 5.97 Å². The summed E-state index contributed by atoms with van der Waals surface area (Å²) in [5, 5.41) is 12.5. The van der Waals surface area contributed by atoms with Gasteiger partial charge in [-0.2, -0.15) is 0 Å². The number of Topliss-reactive ketones (excluding diaryl/α,β-unsaturated/α-hetero) is 1. The average Bonchev–Trinajstić information content (AvgIpc) is 2.84. The predicted octanol–water partition coefficient (Wildman–Crippen LogP) is 5.34. The van der Waals surface area contributed by atoms with Gasteiger partial charge in [0.05, 0.1) is 21.0 Å². The number of hydrogen-bond acceptors (Lipinski definition) is 6. The number of aromatic nitrogens is 1. The van der Waals surface area contributed by atoms with E-state index in [2.05, 4.69) is 15.3 Å². The molecule has 1 amide bonds. The molecule has 2 aromatic rings. The molecule has 0 bridgehead atoms. The Bertz CT molecular complexity index is 1160. The van der Waals surface area contributed by atoms with E-state index >= 15 is 0 Å². The summed E-state index contributed by atoms with van der Waals surface area (Å²) < 4.78 is 0. The third-order valence-electron chi connectivity index (χ3n) is 6.69. The zero-order valence-corrected chi connectivity index (χ0v) is 21.4. The number of nitrogens with zero attached hydrogens (tertiary/aromatic N) is 2. The van der Waals surface area contributed by atoms with Crippen LogP contribution in [-0.2, 0) is 16.0 Å². The first-order valence-electron chi connectivity index (χ1n) is 11.3. The van der Waals surface area contributed by atoms with Gasteiger partial charge in [-0.05, 0) is 36.8 Å². The highest BCUT2D eigenvalue weighted by Gasteiger charge is 2.59. The Balaban J connectivity index is 1.50. The molecule has 2 saturated carbocycles. The first-order valence-corrected chi connectivity index (χ1v) is 13.4. The molecule has 4 rings (SSSR count). The molecule has 1 aromatic carbocycles. The van der Waals surface area contributed by atoms with Crippen molar-refractivity contribution in [2.75, 3.05) is 11.6 Å². The number of pyridine rings is 1. The normalized spacial score (nSPS) is 20.9. The lowest BCUT2D eigenvalue weighted by molar-refractivity contribution is -0.138. The highest BCUT2D eigenvalue weighted by Crippen LogP contribution is 2.50. The number of anilines is 1. The van der Waals surface area contributed by atoms with Crippen molar-refractivity contribution in [2.24, 2.45) is 10.4 Å². The molecular weight excluding hydrogens is 509 g/mol. The molecule has 0 radical (unpaired) electrons. The Morgan fingerprint density at radius 1 is 1.17 bits per heavy atom. The van der Waals surface area contributed by atoms with Gasteiger partial charge in [0.15, 0.2) is 11.8 Å². The summed E-state index contributed by atoms with van der Waals surface area (Å²) in [5.41, 5.74) is 1.57. The number of carboxylic acid groups (broad SMARTS) is 1. The van der Waals surface area contributed by atoms with E-state index in [-0.39, 0.29) is 33.1 Å². The summed E-state index contributed by atoms with van der Waals surface area (Å²) in [5.74, 6) is -1.30. The molecule has 7 nitrogen and oxygen atoms in total. The minimum absolute atomic E-state index is 0.129. The van der Waals surface area contributed by atoms with E-state index in [1.54, 1.807) is 24.3 Å². The lowest BCUT2D eigenvalue weighted by Crippen LogP contribution is -2.62. The lowest BCUT2D eigenvalue weighted by Gasteiger charge is -2.49. The Kier molecular flexibility index (Phi) is 7.83. The van der Waals surface area contributed by atoms with Crippen LogP contribution in [0.2, 0.25) is 10.0 Å². The third kappa shape index (κ3) is 5.10. The minimum atomic E-state index is -1.03. The second-order valence-electron chi connectivity index (χ2n) is 8.82. The summed E-state index contributed by atoms with van der Waals surface area (Å²) in [6.07, 6.45) is 9.27. The van der Waals surface area contributed by atoms with Crippen molar-refractivity contribution < 1.29 is 19.5 Å². The predicted molar refractivity (Wildman–Crippen MR) is 139 cm³/mol. The Hall–Kier alpha value is -2.42. The van der Waals surface area contributed by atoms with Gasteiger partial charge in [0.1, 0.15) is 5.25 Å². The molecule has 2 N–H and O–H groups in total. The number of rotatable bonds is 7. The number of halogens is 2. The number of amides is 1. The fourth-order valence-corrected chi connectivity index (χ4v) is 6.35. The molecule has 35 heavy (non-hydrogen) atoms. The maximum absolute atomic E-state index is 12.9.